The lowest BCUT2D eigenvalue weighted by atomic mass is 9.92. The van der Waals surface area contributed by atoms with Gasteiger partial charge in [-0.2, -0.15) is 18.3 Å². The zero-order valence-electron chi connectivity index (χ0n) is 16.8. The van der Waals surface area contributed by atoms with Crippen LogP contribution in [0.1, 0.15) is 32.0 Å². The van der Waals surface area contributed by atoms with Crippen LogP contribution >= 0.6 is 23.2 Å². The molecule has 0 atom stereocenters. The monoisotopic (exact) mass is 470 g/mol. The molecule has 2 N–H and O–H groups in total. The SMILES string of the molecule is CC(C)(C)c1cc(NC(=O)Nc2ccccc2C(F)(F)F)n(-c2cc(Cl)cc(Cl)c2)n1. The summed E-state index contributed by atoms with van der Waals surface area (Å²) in [5.41, 5.74) is -0.534. The van der Waals surface area contributed by atoms with Crippen molar-refractivity contribution in [2.24, 2.45) is 0 Å². The molecule has 2 aromatic carbocycles. The predicted molar refractivity (Wildman–Crippen MR) is 116 cm³/mol. The number of benzene rings is 2. The topological polar surface area (TPSA) is 59.0 Å². The molecule has 5 nitrogen and oxygen atoms in total. The molecule has 0 bridgehead atoms. The van der Waals surface area contributed by atoms with Gasteiger partial charge in [0.25, 0.3) is 0 Å². The number of nitrogens with one attached hydrogen (secondary N) is 2. The lowest BCUT2D eigenvalue weighted by molar-refractivity contribution is -0.136. The number of carbonyl (C=O) groups excluding carboxylic acids is 1. The van der Waals surface area contributed by atoms with Crippen molar-refractivity contribution >= 4 is 40.7 Å². The quantitative estimate of drug-likeness (QED) is 0.427. The number of alkyl halides is 3. The number of urea groups is 1. The Kier molecular flexibility index (Phi) is 6.25. The van der Waals surface area contributed by atoms with Crippen LogP contribution in [-0.4, -0.2) is 15.8 Å². The fourth-order valence-electron chi connectivity index (χ4n) is 2.80. The van der Waals surface area contributed by atoms with Crippen molar-refractivity contribution < 1.29 is 18.0 Å². The van der Waals surface area contributed by atoms with Crippen LogP contribution in [0.4, 0.5) is 29.5 Å². The summed E-state index contributed by atoms with van der Waals surface area (Å²) in [6, 6.07) is 10.3. The van der Waals surface area contributed by atoms with E-state index >= 15 is 0 Å². The van der Waals surface area contributed by atoms with Crippen LogP contribution in [0, 0.1) is 0 Å². The molecule has 0 aliphatic carbocycles. The number of halogens is 5. The molecule has 1 aromatic heterocycles. The van der Waals surface area contributed by atoms with Crippen LogP contribution in [0.2, 0.25) is 10.0 Å². The zero-order valence-corrected chi connectivity index (χ0v) is 18.3. The number of aromatic nitrogens is 2. The normalized spacial score (nSPS) is 12.0. The van der Waals surface area contributed by atoms with E-state index in [2.05, 4.69) is 15.7 Å². The molecule has 3 rings (SSSR count). The Bertz CT molecular complexity index is 1100. The summed E-state index contributed by atoms with van der Waals surface area (Å²) in [5, 5.41) is 10.1. The van der Waals surface area contributed by atoms with Gasteiger partial charge in [0.2, 0.25) is 0 Å². The maximum Gasteiger partial charge on any atom is 0.418 e. The van der Waals surface area contributed by atoms with E-state index in [1.165, 1.54) is 22.9 Å². The Balaban J connectivity index is 1.96. The molecule has 0 saturated heterocycles. The first-order valence-corrected chi connectivity index (χ1v) is 9.91. The third-order valence-electron chi connectivity index (χ3n) is 4.29. The molecule has 31 heavy (non-hydrogen) atoms. The number of hydrogen-bond acceptors (Lipinski definition) is 2. The second-order valence-corrected chi connectivity index (χ2v) is 8.70. The van der Waals surface area contributed by atoms with E-state index in [1.807, 2.05) is 20.8 Å². The maximum atomic E-state index is 13.2. The maximum absolute atomic E-state index is 13.2. The van der Waals surface area contributed by atoms with Crippen LogP contribution in [0.3, 0.4) is 0 Å². The summed E-state index contributed by atoms with van der Waals surface area (Å²) < 4.78 is 41.1. The number of para-hydroxylation sites is 1. The molecule has 0 spiro atoms. The minimum atomic E-state index is -4.61. The fraction of sp³-hybridized carbons (Fsp3) is 0.238. The first-order valence-electron chi connectivity index (χ1n) is 9.16. The number of amides is 2. The molecule has 2 amide bonds. The Hall–Kier alpha value is -2.71. The minimum absolute atomic E-state index is 0.241. The number of carbonyl (C=O) groups is 1. The van der Waals surface area contributed by atoms with Crippen LogP contribution < -0.4 is 10.6 Å². The van der Waals surface area contributed by atoms with Crippen LogP contribution in [0.15, 0.2) is 48.5 Å². The van der Waals surface area contributed by atoms with Gasteiger partial charge >= 0.3 is 12.2 Å². The highest BCUT2D eigenvalue weighted by atomic mass is 35.5. The van der Waals surface area contributed by atoms with E-state index in [9.17, 15) is 18.0 Å². The second-order valence-electron chi connectivity index (χ2n) is 7.83. The van der Waals surface area contributed by atoms with Gasteiger partial charge in [-0.3, -0.25) is 5.32 Å². The van der Waals surface area contributed by atoms with Crippen molar-refractivity contribution in [1.29, 1.82) is 0 Å². The summed E-state index contributed by atoms with van der Waals surface area (Å²) in [6.45, 7) is 5.82. The molecule has 0 saturated carbocycles. The van der Waals surface area contributed by atoms with Crippen molar-refractivity contribution in [2.45, 2.75) is 32.4 Å². The van der Waals surface area contributed by atoms with E-state index in [1.54, 1.807) is 24.3 Å². The molecule has 0 aliphatic heterocycles. The van der Waals surface area contributed by atoms with Crippen LogP contribution in [0.5, 0.6) is 0 Å². The third-order valence-corrected chi connectivity index (χ3v) is 4.73. The van der Waals surface area contributed by atoms with Gasteiger partial charge in [0.15, 0.2) is 0 Å². The van der Waals surface area contributed by atoms with Gasteiger partial charge in [-0.1, -0.05) is 56.1 Å². The highest BCUT2D eigenvalue weighted by Gasteiger charge is 2.33. The number of nitrogens with zero attached hydrogens (tertiary/aromatic N) is 2. The minimum Gasteiger partial charge on any atom is -0.307 e. The van der Waals surface area contributed by atoms with Crippen molar-refractivity contribution in [3.8, 4) is 5.69 Å². The van der Waals surface area contributed by atoms with E-state index in [4.69, 9.17) is 23.2 Å². The van der Waals surface area contributed by atoms with Gasteiger partial charge in [-0.25, -0.2) is 9.48 Å². The van der Waals surface area contributed by atoms with Crippen molar-refractivity contribution in [3.05, 3.63) is 69.8 Å². The molecule has 0 unspecified atom stereocenters. The van der Waals surface area contributed by atoms with Crippen LogP contribution in [-0.2, 0) is 11.6 Å². The van der Waals surface area contributed by atoms with E-state index in [0.29, 0.717) is 21.4 Å². The average Bonchev–Trinajstić information content (AvgIpc) is 3.04. The predicted octanol–water partition coefficient (Wildman–Crippen LogP) is 7.14. The van der Waals surface area contributed by atoms with Crippen LogP contribution in [0.25, 0.3) is 5.69 Å². The Morgan fingerprint density at radius 1 is 0.968 bits per heavy atom. The Morgan fingerprint density at radius 3 is 2.16 bits per heavy atom. The molecule has 0 radical (unpaired) electrons. The zero-order chi connectivity index (χ0) is 23.0. The lowest BCUT2D eigenvalue weighted by Crippen LogP contribution is -2.23. The smallest absolute Gasteiger partial charge is 0.307 e. The van der Waals surface area contributed by atoms with Gasteiger partial charge in [-0.15, -0.1) is 0 Å². The van der Waals surface area contributed by atoms with Gasteiger partial charge in [0.05, 0.1) is 22.6 Å². The summed E-state index contributed by atoms with van der Waals surface area (Å²) >= 11 is 12.2. The molecular weight excluding hydrogens is 452 g/mol. The van der Waals surface area contributed by atoms with Crippen molar-refractivity contribution in [1.82, 2.24) is 9.78 Å². The Morgan fingerprint density at radius 2 is 1.58 bits per heavy atom. The highest BCUT2D eigenvalue weighted by Crippen LogP contribution is 2.35. The number of rotatable bonds is 3. The molecule has 0 fully saturated rings. The second kappa shape index (κ2) is 8.43. The average molecular weight is 471 g/mol. The summed E-state index contributed by atoms with van der Waals surface area (Å²) in [5.74, 6) is 0.241. The van der Waals surface area contributed by atoms with E-state index in [-0.39, 0.29) is 16.9 Å². The highest BCUT2D eigenvalue weighted by molar-refractivity contribution is 6.34. The number of hydrogen-bond donors (Lipinski definition) is 2. The number of anilines is 2. The lowest BCUT2D eigenvalue weighted by Gasteiger charge is -2.14. The van der Waals surface area contributed by atoms with Gasteiger partial charge < -0.3 is 5.32 Å². The molecule has 3 aromatic rings. The van der Waals surface area contributed by atoms with Crippen molar-refractivity contribution in [2.75, 3.05) is 10.6 Å². The summed E-state index contributed by atoms with van der Waals surface area (Å²) in [4.78, 5) is 12.6. The molecule has 10 heteroatoms. The molecule has 0 aliphatic rings. The van der Waals surface area contributed by atoms with E-state index < -0.39 is 17.8 Å². The largest absolute Gasteiger partial charge is 0.418 e. The van der Waals surface area contributed by atoms with E-state index in [0.717, 1.165) is 6.07 Å². The Labute approximate surface area is 187 Å². The first kappa shape index (κ1) is 23.0. The molecular formula is C21H19Cl2F3N4O. The summed E-state index contributed by atoms with van der Waals surface area (Å²) in [6.07, 6.45) is -4.61. The fourth-order valence-corrected chi connectivity index (χ4v) is 3.32. The molecule has 1 heterocycles. The van der Waals surface area contributed by atoms with Gasteiger partial charge in [0.1, 0.15) is 5.82 Å². The molecule has 164 valence electrons. The van der Waals surface area contributed by atoms with Crippen molar-refractivity contribution in [3.63, 3.8) is 0 Å². The standard InChI is InChI=1S/C21H19Cl2F3N4O/c1-20(2,3)17-11-18(30(29-17)14-9-12(22)8-13(23)10-14)28-19(31)27-16-7-5-4-6-15(16)21(24,25)26/h4-11H,1-3H3,(H2,27,28,31). The summed E-state index contributed by atoms with van der Waals surface area (Å²) in [7, 11) is 0. The van der Waals surface area contributed by atoms with Gasteiger partial charge in [0, 0.05) is 21.5 Å². The first-order chi connectivity index (χ1) is 14.3. The van der Waals surface area contributed by atoms with Gasteiger partial charge in [-0.05, 0) is 30.3 Å². The third kappa shape index (κ3) is 5.51.